The number of nitrogens with one attached hydrogen (secondary N) is 2. The van der Waals surface area contributed by atoms with Crippen molar-refractivity contribution in [2.45, 2.75) is 13.1 Å². The molecule has 0 aliphatic rings. The van der Waals surface area contributed by atoms with Crippen molar-refractivity contribution in [1.29, 1.82) is 0 Å². The van der Waals surface area contributed by atoms with Gasteiger partial charge in [0.15, 0.2) is 5.96 Å². The molecule has 0 amide bonds. The quantitative estimate of drug-likeness (QED) is 0.573. The maximum atomic E-state index is 6.00. The lowest BCUT2D eigenvalue weighted by atomic mass is 10.2. The fourth-order valence-electron chi connectivity index (χ4n) is 2.44. The first-order chi connectivity index (χ1) is 12.6. The molecule has 6 nitrogen and oxygen atoms in total. The molecule has 140 valence electrons. The Labute approximate surface area is 159 Å². The molecule has 0 saturated heterocycles. The van der Waals surface area contributed by atoms with E-state index in [1.807, 2.05) is 30.3 Å². The van der Waals surface area contributed by atoms with Crippen molar-refractivity contribution in [3.8, 4) is 17.2 Å². The Bertz CT molecular complexity index is 766. The van der Waals surface area contributed by atoms with Crippen LogP contribution in [0.2, 0.25) is 5.02 Å². The van der Waals surface area contributed by atoms with Gasteiger partial charge in [0.05, 0.1) is 21.3 Å². The van der Waals surface area contributed by atoms with Gasteiger partial charge in [0, 0.05) is 42.4 Å². The van der Waals surface area contributed by atoms with Gasteiger partial charge in [-0.1, -0.05) is 17.7 Å². The van der Waals surface area contributed by atoms with E-state index < -0.39 is 0 Å². The zero-order valence-corrected chi connectivity index (χ0v) is 16.2. The van der Waals surface area contributed by atoms with Crippen molar-refractivity contribution < 1.29 is 14.2 Å². The van der Waals surface area contributed by atoms with Gasteiger partial charge >= 0.3 is 0 Å². The SMILES string of the molecule is CN=C(NCc1ccc(Cl)cc1OC)NCc1ccc(OC)cc1OC. The van der Waals surface area contributed by atoms with Crippen LogP contribution in [0, 0.1) is 0 Å². The lowest BCUT2D eigenvalue weighted by Crippen LogP contribution is -2.36. The maximum Gasteiger partial charge on any atom is 0.191 e. The number of aliphatic imine (C=N–C) groups is 1. The van der Waals surface area contributed by atoms with Crippen molar-refractivity contribution in [3.63, 3.8) is 0 Å². The minimum atomic E-state index is 0.555. The molecule has 7 heteroatoms. The maximum absolute atomic E-state index is 6.00. The zero-order chi connectivity index (χ0) is 18.9. The molecule has 0 atom stereocenters. The van der Waals surface area contributed by atoms with Crippen LogP contribution >= 0.6 is 11.6 Å². The first-order valence-corrected chi connectivity index (χ1v) is 8.47. The third-order valence-corrected chi connectivity index (χ3v) is 4.09. The minimum Gasteiger partial charge on any atom is -0.497 e. The van der Waals surface area contributed by atoms with Gasteiger partial charge in [-0.15, -0.1) is 0 Å². The van der Waals surface area contributed by atoms with Crippen LogP contribution in [0.25, 0.3) is 0 Å². The van der Waals surface area contributed by atoms with E-state index >= 15 is 0 Å². The molecule has 0 heterocycles. The molecule has 2 rings (SSSR count). The number of guanidine groups is 1. The molecule has 0 spiro atoms. The summed E-state index contributed by atoms with van der Waals surface area (Å²) in [6.45, 7) is 1.12. The van der Waals surface area contributed by atoms with Crippen LogP contribution in [0.3, 0.4) is 0 Å². The molecule has 2 N–H and O–H groups in total. The molecule has 0 saturated carbocycles. The molecular weight excluding hydrogens is 354 g/mol. The number of nitrogens with zero attached hydrogens (tertiary/aromatic N) is 1. The largest absolute Gasteiger partial charge is 0.497 e. The number of halogens is 1. The van der Waals surface area contributed by atoms with Crippen molar-refractivity contribution >= 4 is 17.6 Å². The molecule has 0 radical (unpaired) electrons. The minimum absolute atomic E-state index is 0.555. The summed E-state index contributed by atoms with van der Waals surface area (Å²) >= 11 is 6.00. The van der Waals surface area contributed by atoms with Gasteiger partial charge in [-0.3, -0.25) is 4.99 Å². The van der Waals surface area contributed by atoms with E-state index in [4.69, 9.17) is 25.8 Å². The predicted octanol–water partition coefficient (Wildman–Crippen LogP) is 3.23. The van der Waals surface area contributed by atoms with Crippen molar-refractivity contribution in [2.75, 3.05) is 28.4 Å². The van der Waals surface area contributed by atoms with Crippen molar-refractivity contribution in [3.05, 3.63) is 52.5 Å². The van der Waals surface area contributed by atoms with Crippen molar-refractivity contribution in [1.82, 2.24) is 10.6 Å². The van der Waals surface area contributed by atoms with E-state index in [1.54, 1.807) is 34.4 Å². The van der Waals surface area contributed by atoms with Gasteiger partial charge in [0.2, 0.25) is 0 Å². The number of hydrogen-bond donors (Lipinski definition) is 2. The fourth-order valence-corrected chi connectivity index (χ4v) is 2.60. The summed E-state index contributed by atoms with van der Waals surface area (Å²) in [4.78, 5) is 4.24. The molecule has 0 aromatic heterocycles. The molecule has 0 aliphatic carbocycles. The highest BCUT2D eigenvalue weighted by Gasteiger charge is 2.08. The van der Waals surface area contributed by atoms with E-state index in [0.717, 1.165) is 28.4 Å². The standard InChI is InChI=1S/C19H24ClN3O3/c1-21-19(22-11-13-5-7-15(20)9-17(13)25-3)23-12-14-6-8-16(24-2)10-18(14)26-4/h5-10H,11-12H2,1-4H3,(H2,21,22,23). The summed E-state index contributed by atoms with van der Waals surface area (Å²) in [6, 6.07) is 11.3. The van der Waals surface area contributed by atoms with Crippen LogP contribution in [0.1, 0.15) is 11.1 Å². The second-order valence-corrected chi connectivity index (χ2v) is 5.85. The molecule has 26 heavy (non-hydrogen) atoms. The monoisotopic (exact) mass is 377 g/mol. The van der Waals surface area contributed by atoms with Crippen LogP contribution in [0.15, 0.2) is 41.4 Å². The molecular formula is C19H24ClN3O3. The molecule has 2 aromatic rings. The Hall–Kier alpha value is -2.60. The van der Waals surface area contributed by atoms with Crippen LogP contribution in [-0.4, -0.2) is 34.3 Å². The van der Waals surface area contributed by atoms with Gasteiger partial charge in [-0.2, -0.15) is 0 Å². The number of benzene rings is 2. The first-order valence-electron chi connectivity index (χ1n) is 8.09. The second kappa shape index (κ2) is 9.77. The normalized spacial score (nSPS) is 11.0. The van der Waals surface area contributed by atoms with Gasteiger partial charge < -0.3 is 24.8 Å². The molecule has 0 bridgehead atoms. The van der Waals surface area contributed by atoms with E-state index in [0.29, 0.717) is 24.1 Å². The second-order valence-electron chi connectivity index (χ2n) is 5.41. The Kier molecular flexibility index (Phi) is 7.41. The van der Waals surface area contributed by atoms with Crippen LogP contribution in [0.5, 0.6) is 17.2 Å². The van der Waals surface area contributed by atoms with Gasteiger partial charge in [0.25, 0.3) is 0 Å². The van der Waals surface area contributed by atoms with Crippen LogP contribution < -0.4 is 24.8 Å². The Morgan fingerprint density at radius 1 is 0.885 bits per heavy atom. The van der Waals surface area contributed by atoms with E-state index in [9.17, 15) is 0 Å². The van der Waals surface area contributed by atoms with Crippen molar-refractivity contribution in [2.24, 2.45) is 4.99 Å². The predicted molar refractivity (Wildman–Crippen MR) is 105 cm³/mol. The zero-order valence-electron chi connectivity index (χ0n) is 15.4. The first kappa shape index (κ1) is 19.7. The van der Waals surface area contributed by atoms with Gasteiger partial charge in [0.1, 0.15) is 17.2 Å². The number of rotatable bonds is 7. The van der Waals surface area contributed by atoms with E-state index in [1.165, 1.54) is 0 Å². The van der Waals surface area contributed by atoms with Crippen LogP contribution in [0.4, 0.5) is 0 Å². The third kappa shape index (κ3) is 5.20. The summed E-state index contributed by atoms with van der Waals surface area (Å²) in [5.74, 6) is 2.91. The lowest BCUT2D eigenvalue weighted by Gasteiger charge is -2.15. The highest BCUT2D eigenvalue weighted by molar-refractivity contribution is 6.30. The smallest absolute Gasteiger partial charge is 0.191 e. The highest BCUT2D eigenvalue weighted by atomic mass is 35.5. The van der Waals surface area contributed by atoms with E-state index in [-0.39, 0.29) is 0 Å². The Balaban J connectivity index is 1.98. The Morgan fingerprint density at radius 3 is 2.00 bits per heavy atom. The van der Waals surface area contributed by atoms with Gasteiger partial charge in [-0.25, -0.2) is 0 Å². The number of ether oxygens (including phenoxy) is 3. The molecule has 2 aromatic carbocycles. The highest BCUT2D eigenvalue weighted by Crippen LogP contribution is 2.24. The lowest BCUT2D eigenvalue weighted by molar-refractivity contribution is 0.390. The summed E-state index contributed by atoms with van der Waals surface area (Å²) in [7, 11) is 6.61. The van der Waals surface area contributed by atoms with E-state index in [2.05, 4.69) is 15.6 Å². The summed E-state index contributed by atoms with van der Waals surface area (Å²) in [5, 5.41) is 7.17. The average Bonchev–Trinajstić information content (AvgIpc) is 2.68. The molecule has 0 unspecified atom stereocenters. The number of methoxy groups -OCH3 is 3. The third-order valence-electron chi connectivity index (χ3n) is 3.86. The van der Waals surface area contributed by atoms with Gasteiger partial charge in [-0.05, 0) is 24.3 Å². The number of hydrogen-bond acceptors (Lipinski definition) is 4. The fraction of sp³-hybridized carbons (Fsp3) is 0.316. The summed E-state index contributed by atoms with van der Waals surface area (Å²) in [5.41, 5.74) is 1.99. The summed E-state index contributed by atoms with van der Waals surface area (Å²) < 4.78 is 16.0. The van der Waals surface area contributed by atoms with Crippen LogP contribution in [-0.2, 0) is 13.1 Å². The summed E-state index contributed by atoms with van der Waals surface area (Å²) in [6.07, 6.45) is 0. The average molecular weight is 378 g/mol. The molecule has 0 aliphatic heterocycles. The Morgan fingerprint density at radius 2 is 1.46 bits per heavy atom. The molecule has 0 fully saturated rings. The topological polar surface area (TPSA) is 64.1 Å².